The second kappa shape index (κ2) is 8.07. The van der Waals surface area contributed by atoms with Gasteiger partial charge in [-0.3, -0.25) is 9.69 Å². The number of hydrogen-bond acceptors (Lipinski definition) is 3. The molecule has 0 radical (unpaired) electrons. The van der Waals surface area contributed by atoms with Gasteiger partial charge in [-0.2, -0.15) is 0 Å². The average Bonchev–Trinajstić information content (AvgIpc) is 2.74. The summed E-state index contributed by atoms with van der Waals surface area (Å²) in [5.74, 6) is -0.314. The van der Waals surface area contributed by atoms with Gasteiger partial charge in [-0.15, -0.1) is 0 Å². The Hall–Kier alpha value is -2.93. The summed E-state index contributed by atoms with van der Waals surface area (Å²) in [5, 5.41) is 2.84. The highest BCUT2D eigenvalue weighted by Crippen LogP contribution is 2.29. The van der Waals surface area contributed by atoms with Crippen LogP contribution < -0.4 is 5.32 Å². The number of hydrogen-bond donors (Lipinski definition) is 1. The third-order valence-electron chi connectivity index (χ3n) is 5.96. The van der Waals surface area contributed by atoms with E-state index < -0.39 is 0 Å². The summed E-state index contributed by atoms with van der Waals surface area (Å²) in [5.41, 5.74) is 1.07. The molecule has 2 aliphatic rings. The van der Waals surface area contributed by atoms with Crippen molar-refractivity contribution in [1.82, 2.24) is 14.7 Å². The van der Waals surface area contributed by atoms with Crippen LogP contribution in [0.4, 0.5) is 14.9 Å². The van der Waals surface area contributed by atoms with Crippen LogP contribution >= 0.6 is 0 Å². The molecular formula is C23H27FN4O2. The summed E-state index contributed by atoms with van der Waals surface area (Å²) < 4.78 is 13.1. The lowest BCUT2D eigenvalue weighted by atomic mass is 9.92. The first-order valence-corrected chi connectivity index (χ1v) is 10.3. The molecule has 1 atom stereocenters. The van der Waals surface area contributed by atoms with E-state index in [9.17, 15) is 14.0 Å². The number of anilines is 1. The summed E-state index contributed by atoms with van der Waals surface area (Å²) in [6, 6.07) is 14.9. The van der Waals surface area contributed by atoms with Crippen molar-refractivity contribution in [2.75, 3.05) is 38.0 Å². The molecule has 3 amide bonds. The SMILES string of the molecule is CC1(C)CN(C(=O)c2ccccc2)CC2CN(C(=O)Nc3ccc(F)cc3)CCN21. The monoisotopic (exact) mass is 410 g/mol. The first-order chi connectivity index (χ1) is 14.3. The Morgan fingerprint density at radius 1 is 0.967 bits per heavy atom. The number of benzene rings is 2. The van der Waals surface area contributed by atoms with E-state index in [1.165, 1.54) is 12.1 Å². The first kappa shape index (κ1) is 20.3. The molecule has 1 unspecified atom stereocenters. The summed E-state index contributed by atoms with van der Waals surface area (Å²) in [6.07, 6.45) is 0. The molecule has 1 N–H and O–H groups in total. The number of carbonyl (C=O) groups is 2. The summed E-state index contributed by atoms with van der Waals surface area (Å²) in [7, 11) is 0. The zero-order valence-corrected chi connectivity index (χ0v) is 17.3. The molecule has 2 heterocycles. The quantitative estimate of drug-likeness (QED) is 0.827. The Morgan fingerprint density at radius 2 is 1.63 bits per heavy atom. The predicted molar refractivity (Wildman–Crippen MR) is 114 cm³/mol. The van der Waals surface area contributed by atoms with Crippen molar-refractivity contribution in [3.05, 3.63) is 66.0 Å². The molecule has 0 saturated carbocycles. The molecular weight excluding hydrogens is 383 g/mol. The molecule has 0 aliphatic carbocycles. The summed E-state index contributed by atoms with van der Waals surface area (Å²) in [6.45, 7) is 7.43. The standard InChI is InChI=1S/C23H27FN4O2/c1-23(2)16-27(21(29)17-6-4-3-5-7-17)15-20-14-26(12-13-28(20)23)22(30)25-19-10-8-18(24)9-11-19/h3-11,20H,12-16H2,1-2H3,(H,25,30). The minimum atomic E-state index is -0.339. The highest BCUT2D eigenvalue weighted by molar-refractivity contribution is 5.94. The molecule has 4 rings (SSSR count). The third-order valence-corrected chi connectivity index (χ3v) is 5.96. The maximum atomic E-state index is 13.1. The minimum absolute atomic E-state index is 0.0243. The Kier molecular flexibility index (Phi) is 5.47. The lowest BCUT2D eigenvalue weighted by molar-refractivity contribution is -0.0472. The normalized spacial score (nSPS) is 21.1. The summed E-state index contributed by atoms with van der Waals surface area (Å²) in [4.78, 5) is 31.9. The molecule has 7 heteroatoms. The fraction of sp³-hybridized carbons (Fsp3) is 0.391. The van der Waals surface area contributed by atoms with Gasteiger partial charge in [0.25, 0.3) is 5.91 Å². The Bertz CT molecular complexity index is 917. The van der Waals surface area contributed by atoms with Crippen LogP contribution in [0.25, 0.3) is 0 Å². The number of amides is 3. The van der Waals surface area contributed by atoms with Gasteiger partial charge in [0.15, 0.2) is 0 Å². The van der Waals surface area contributed by atoms with Crippen molar-refractivity contribution in [1.29, 1.82) is 0 Å². The van der Waals surface area contributed by atoms with Crippen molar-refractivity contribution >= 4 is 17.6 Å². The third kappa shape index (κ3) is 4.16. The van der Waals surface area contributed by atoms with Gasteiger partial charge in [0.05, 0.1) is 0 Å². The van der Waals surface area contributed by atoms with E-state index in [4.69, 9.17) is 0 Å². The van der Waals surface area contributed by atoms with Crippen molar-refractivity contribution in [2.24, 2.45) is 0 Å². The van der Waals surface area contributed by atoms with Gasteiger partial charge in [0.1, 0.15) is 5.82 Å². The molecule has 0 spiro atoms. The van der Waals surface area contributed by atoms with Gasteiger partial charge in [0.2, 0.25) is 0 Å². The second-order valence-corrected chi connectivity index (χ2v) is 8.59. The van der Waals surface area contributed by atoms with Crippen LogP contribution in [-0.4, -0.2) is 70.9 Å². The van der Waals surface area contributed by atoms with Crippen molar-refractivity contribution < 1.29 is 14.0 Å². The molecule has 30 heavy (non-hydrogen) atoms. The van der Waals surface area contributed by atoms with E-state index in [0.29, 0.717) is 37.4 Å². The van der Waals surface area contributed by atoms with Crippen LogP contribution in [0.3, 0.4) is 0 Å². The van der Waals surface area contributed by atoms with E-state index in [-0.39, 0.29) is 29.3 Å². The van der Waals surface area contributed by atoms with Crippen LogP contribution in [0.5, 0.6) is 0 Å². The molecule has 2 fully saturated rings. The van der Waals surface area contributed by atoms with E-state index in [0.717, 1.165) is 6.54 Å². The van der Waals surface area contributed by atoms with E-state index in [2.05, 4.69) is 24.1 Å². The van der Waals surface area contributed by atoms with Gasteiger partial charge in [-0.25, -0.2) is 9.18 Å². The fourth-order valence-electron chi connectivity index (χ4n) is 4.52. The van der Waals surface area contributed by atoms with Gasteiger partial charge in [0, 0.05) is 55.6 Å². The maximum Gasteiger partial charge on any atom is 0.321 e. The van der Waals surface area contributed by atoms with Gasteiger partial charge < -0.3 is 15.1 Å². The van der Waals surface area contributed by atoms with Crippen molar-refractivity contribution in [3.8, 4) is 0 Å². The van der Waals surface area contributed by atoms with Crippen LogP contribution in [0, 0.1) is 5.82 Å². The van der Waals surface area contributed by atoms with Crippen LogP contribution in [0.1, 0.15) is 24.2 Å². The van der Waals surface area contributed by atoms with Crippen LogP contribution in [0.2, 0.25) is 0 Å². The van der Waals surface area contributed by atoms with Gasteiger partial charge >= 0.3 is 6.03 Å². The number of carbonyl (C=O) groups excluding carboxylic acids is 2. The molecule has 2 aliphatic heterocycles. The van der Waals surface area contributed by atoms with Gasteiger partial charge in [-0.05, 0) is 50.2 Å². The average molecular weight is 410 g/mol. The molecule has 0 aromatic heterocycles. The number of fused-ring (bicyclic) bond motifs is 1. The van der Waals surface area contributed by atoms with Gasteiger partial charge in [-0.1, -0.05) is 18.2 Å². The van der Waals surface area contributed by atoms with Crippen LogP contribution in [0.15, 0.2) is 54.6 Å². The molecule has 6 nitrogen and oxygen atoms in total. The van der Waals surface area contributed by atoms with Crippen molar-refractivity contribution in [2.45, 2.75) is 25.4 Å². The van der Waals surface area contributed by atoms with Crippen LogP contribution in [-0.2, 0) is 0 Å². The fourth-order valence-corrected chi connectivity index (χ4v) is 4.52. The number of urea groups is 1. The van der Waals surface area contributed by atoms with Crippen molar-refractivity contribution in [3.63, 3.8) is 0 Å². The lowest BCUT2D eigenvalue weighted by Gasteiger charge is -2.55. The largest absolute Gasteiger partial charge is 0.335 e. The Labute approximate surface area is 176 Å². The number of nitrogens with one attached hydrogen (secondary N) is 1. The van der Waals surface area contributed by atoms with E-state index >= 15 is 0 Å². The predicted octanol–water partition coefficient (Wildman–Crippen LogP) is 3.28. The lowest BCUT2D eigenvalue weighted by Crippen LogP contribution is -2.70. The second-order valence-electron chi connectivity index (χ2n) is 8.59. The topological polar surface area (TPSA) is 55.9 Å². The van der Waals surface area contributed by atoms with E-state index in [1.54, 1.807) is 17.0 Å². The molecule has 2 aromatic rings. The number of piperazine rings is 2. The molecule has 2 saturated heterocycles. The Balaban J connectivity index is 1.46. The zero-order chi connectivity index (χ0) is 21.3. The first-order valence-electron chi connectivity index (χ1n) is 10.3. The molecule has 0 bridgehead atoms. The highest BCUT2D eigenvalue weighted by atomic mass is 19.1. The number of rotatable bonds is 2. The summed E-state index contributed by atoms with van der Waals surface area (Å²) >= 11 is 0. The zero-order valence-electron chi connectivity index (χ0n) is 17.3. The minimum Gasteiger partial charge on any atom is -0.335 e. The smallest absolute Gasteiger partial charge is 0.321 e. The molecule has 2 aromatic carbocycles. The number of nitrogens with zero attached hydrogens (tertiary/aromatic N) is 3. The number of halogens is 1. The van der Waals surface area contributed by atoms with E-state index in [1.807, 2.05) is 35.2 Å². The molecule has 158 valence electrons. The maximum absolute atomic E-state index is 13.1. The highest BCUT2D eigenvalue weighted by Gasteiger charge is 2.44. The Morgan fingerprint density at radius 3 is 2.33 bits per heavy atom.